The second-order valence-electron chi connectivity index (χ2n) is 4.38. The Morgan fingerprint density at radius 1 is 1.25 bits per heavy atom. The van der Waals surface area contributed by atoms with E-state index in [4.69, 9.17) is 9.15 Å². The number of benzene rings is 1. The normalized spacial score (nSPS) is 10.7. The van der Waals surface area contributed by atoms with Crippen LogP contribution >= 0.6 is 0 Å². The molecule has 0 N–H and O–H groups in total. The molecule has 0 atom stereocenters. The van der Waals surface area contributed by atoms with Crippen LogP contribution in [-0.2, 0) is 0 Å². The molecule has 3 aromatic rings. The Morgan fingerprint density at radius 3 is 2.75 bits per heavy atom. The molecule has 0 saturated heterocycles. The van der Waals surface area contributed by atoms with Gasteiger partial charge in [-0.2, -0.15) is 0 Å². The average molecular weight is 268 g/mol. The van der Waals surface area contributed by atoms with Crippen LogP contribution in [0, 0.1) is 6.92 Å². The predicted molar refractivity (Wildman–Crippen MR) is 73.9 cm³/mol. The van der Waals surface area contributed by atoms with E-state index in [0.29, 0.717) is 28.5 Å². The highest BCUT2D eigenvalue weighted by atomic mass is 16.5. The number of aryl methyl sites for hydroxylation is 1. The van der Waals surface area contributed by atoms with Gasteiger partial charge >= 0.3 is 0 Å². The van der Waals surface area contributed by atoms with E-state index in [1.807, 2.05) is 6.92 Å². The molecule has 0 spiro atoms. The van der Waals surface area contributed by atoms with Crippen LogP contribution in [0.25, 0.3) is 22.4 Å². The zero-order chi connectivity index (χ0) is 14.1. The van der Waals surface area contributed by atoms with Gasteiger partial charge in [0.25, 0.3) is 0 Å². The quantitative estimate of drug-likeness (QED) is 0.683. The van der Waals surface area contributed by atoms with Gasteiger partial charge in [-0.3, -0.25) is 9.78 Å². The fraction of sp³-hybridized carbons (Fsp3) is 0.133. The third-order valence-electron chi connectivity index (χ3n) is 3.03. The summed E-state index contributed by atoms with van der Waals surface area (Å²) in [6.45, 7) is 1.82. The molecular weight excluding hydrogens is 256 g/mol. The number of carbonyl (C=O) groups excluding carboxylic acids is 1. The zero-order valence-electron chi connectivity index (χ0n) is 11.1. The summed E-state index contributed by atoms with van der Waals surface area (Å²) in [7, 11) is 1.57. The van der Waals surface area contributed by atoms with Crippen molar-refractivity contribution in [1.82, 2.24) is 9.97 Å². The lowest BCUT2D eigenvalue weighted by molar-refractivity contribution is 0.112. The zero-order valence-corrected chi connectivity index (χ0v) is 11.1. The molecule has 5 heteroatoms. The molecule has 0 fully saturated rings. The number of rotatable bonds is 3. The van der Waals surface area contributed by atoms with E-state index in [-0.39, 0.29) is 0 Å². The minimum absolute atomic E-state index is 0.449. The van der Waals surface area contributed by atoms with Crippen LogP contribution in [0.15, 0.2) is 35.0 Å². The van der Waals surface area contributed by atoms with Gasteiger partial charge in [0.1, 0.15) is 17.8 Å². The van der Waals surface area contributed by atoms with Gasteiger partial charge in [0, 0.05) is 17.1 Å². The minimum atomic E-state index is 0.449. The fourth-order valence-electron chi connectivity index (χ4n) is 2.11. The van der Waals surface area contributed by atoms with E-state index in [1.165, 1.54) is 0 Å². The Bertz CT molecular complexity index is 793. The standard InChI is InChI=1S/C15H12N2O3/c1-9-6-17-15(20-9)12-7-16-13-4-3-10(8-18)5-11(13)14(12)19-2/h3-8H,1-2H3. The van der Waals surface area contributed by atoms with Crippen LogP contribution in [0.2, 0.25) is 0 Å². The molecule has 5 nitrogen and oxygen atoms in total. The SMILES string of the molecule is COc1c(-c2ncc(C)o2)cnc2ccc(C=O)cc12. The lowest BCUT2D eigenvalue weighted by Crippen LogP contribution is -1.93. The highest BCUT2D eigenvalue weighted by Crippen LogP contribution is 2.35. The summed E-state index contributed by atoms with van der Waals surface area (Å²) in [5.41, 5.74) is 1.98. The number of carbonyl (C=O) groups is 1. The van der Waals surface area contributed by atoms with E-state index in [2.05, 4.69) is 9.97 Å². The number of hydrogen-bond acceptors (Lipinski definition) is 5. The second kappa shape index (κ2) is 4.77. The molecule has 0 unspecified atom stereocenters. The third kappa shape index (κ3) is 1.93. The lowest BCUT2D eigenvalue weighted by atomic mass is 10.1. The Hall–Kier alpha value is -2.69. The summed E-state index contributed by atoms with van der Waals surface area (Å²) in [5, 5.41) is 0.755. The minimum Gasteiger partial charge on any atom is -0.495 e. The number of fused-ring (bicyclic) bond motifs is 1. The van der Waals surface area contributed by atoms with Crippen molar-refractivity contribution < 1.29 is 13.9 Å². The van der Waals surface area contributed by atoms with Crippen LogP contribution in [0.1, 0.15) is 16.1 Å². The Morgan fingerprint density at radius 2 is 2.10 bits per heavy atom. The first kappa shape index (κ1) is 12.3. The first-order chi connectivity index (χ1) is 9.72. The number of aldehydes is 1. The molecule has 20 heavy (non-hydrogen) atoms. The van der Waals surface area contributed by atoms with E-state index < -0.39 is 0 Å². The number of aromatic nitrogens is 2. The summed E-state index contributed by atoms with van der Waals surface area (Å²) in [6.07, 6.45) is 4.09. The van der Waals surface area contributed by atoms with Crippen LogP contribution in [0.3, 0.4) is 0 Å². The van der Waals surface area contributed by atoms with Gasteiger partial charge in [0.05, 0.1) is 24.4 Å². The smallest absolute Gasteiger partial charge is 0.231 e. The molecule has 0 aliphatic carbocycles. The molecule has 0 amide bonds. The van der Waals surface area contributed by atoms with Gasteiger partial charge in [-0.05, 0) is 25.1 Å². The van der Waals surface area contributed by atoms with Crippen LogP contribution in [0.5, 0.6) is 5.75 Å². The number of nitrogens with zero attached hydrogens (tertiary/aromatic N) is 2. The summed E-state index contributed by atoms with van der Waals surface area (Å²) in [6, 6.07) is 5.25. The molecule has 2 aromatic heterocycles. The van der Waals surface area contributed by atoms with Crippen molar-refractivity contribution in [3.05, 3.63) is 41.9 Å². The third-order valence-corrected chi connectivity index (χ3v) is 3.03. The fourth-order valence-corrected chi connectivity index (χ4v) is 2.11. The van der Waals surface area contributed by atoms with Crippen molar-refractivity contribution in [3.8, 4) is 17.2 Å². The molecule has 2 heterocycles. The molecule has 0 bridgehead atoms. The second-order valence-corrected chi connectivity index (χ2v) is 4.38. The van der Waals surface area contributed by atoms with Crippen LogP contribution in [-0.4, -0.2) is 23.4 Å². The Balaban J connectivity index is 2.30. The maximum atomic E-state index is 10.9. The van der Waals surface area contributed by atoms with Gasteiger partial charge in [0.15, 0.2) is 0 Å². The van der Waals surface area contributed by atoms with Gasteiger partial charge in [0.2, 0.25) is 5.89 Å². The summed E-state index contributed by atoms with van der Waals surface area (Å²) in [5.74, 6) is 1.76. The van der Waals surface area contributed by atoms with Crippen molar-refractivity contribution >= 4 is 17.2 Å². The van der Waals surface area contributed by atoms with Gasteiger partial charge < -0.3 is 9.15 Å². The number of oxazole rings is 1. The van der Waals surface area contributed by atoms with Crippen LogP contribution < -0.4 is 4.74 Å². The Labute approximate surface area is 115 Å². The van der Waals surface area contributed by atoms with Gasteiger partial charge in [-0.1, -0.05) is 0 Å². The molecular formula is C15H12N2O3. The number of ether oxygens (including phenoxy) is 1. The largest absolute Gasteiger partial charge is 0.495 e. The molecule has 0 aliphatic heterocycles. The van der Waals surface area contributed by atoms with Crippen molar-refractivity contribution in [2.75, 3.05) is 7.11 Å². The van der Waals surface area contributed by atoms with Crippen molar-refractivity contribution in [2.24, 2.45) is 0 Å². The maximum Gasteiger partial charge on any atom is 0.231 e. The Kier molecular flexibility index (Phi) is 2.95. The highest BCUT2D eigenvalue weighted by molar-refractivity contribution is 5.94. The first-order valence-electron chi connectivity index (χ1n) is 6.07. The first-order valence-corrected chi connectivity index (χ1v) is 6.07. The molecule has 3 rings (SSSR count). The summed E-state index contributed by atoms with van der Waals surface area (Å²) >= 11 is 0. The van der Waals surface area contributed by atoms with Gasteiger partial charge in [-0.25, -0.2) is 4.98 Å². The van der Waals surface area contributed by atoms with Crippen LogP contribution in [0.4, 0.5) is 0 Å². The topological polar surface area (TPSA) is 65.2 Å². The summed E-state index contributed by atoms with van der Waals surface area (Å²) < 4.78 is 11.0. The molecule has 0 saturated carbocycles. The number of hydrogen-bond donors (Lipinski definition) is 0. The van der Waals surface area contributed by atoms with E-state index in [9.17, 15) is 4.79 Å². The van der Waals surface area contributed by atoms with Crippen molar-refractivity contribution in [3.63, 3.8) is 0 Å². The monoisotopic (exact) mass is 268 g/mol. The van der Waals surface area contributed by atoms with E-state index in [1.54, 1.807) is 37.7 Å². The molecule has 1 aromatic carbocycles. The lowest BCUT2D eigenvalue weighted by Gasteiger charge is -2.09. The maximum absolute atomic E-state index is 10.9. The predicted octanol–water partition coefficient (Wildman–Crippen LogP) is 3.02. The number of methoxy groups -OCH3 is 1. The summed E-state index contributed by atoms with van der Waals surface area (Å²) in [4.78, 5) is 19.5. The molecule has 0 aliphatic rings. The van der Waals surface area contributed by atoms with Crippen molar-refractivity contribution in [2.45, 2.75) is 6.92 Å². The molecule has 100 valence electrons. The average Bonchev–Trinajstić information content (AvgIpc) is 2.91. The molecule has 0 radical (unpaired) electrons. The highest BCUT2D eigenvalue weighted by Gasteiger charge is 2.15. The number of pyridine rings is 1. The van der Waals surface area contributed by atoms with Crippen molar-refractivity contribution in [1.29, 1.82) is 0 Å². The van der Waals surface area contributed by atoms with Gasteiger partial charge in [-0.15, -0.1) is 0 Å². The van der Waals surface area contributed by atoms with E-state index in [0.717, 1.165) is 17.2 Å². The van der Waals surface area contributed by atoms with E-state index >= 15 is 0 Å².